The minimum atomic E-state index is 0.208. The Morgan fingerprint density at radius 2 is 2.09 bits per heavy atom. The van der Waals surface area contributed by atoms with E-state index < -0.39 is 0 Å². The van der Waals surface area contributed by atoms with E-state index in [-0.39, 0.29) is 5.91 Å². The maximum absolute atomic E-state index is 12.5. The molecule has 3 rings (SSSR count). The molecule has 4 nitrogen and oxygen atoms in total. The van der Waals surface area contributed by atoms with Gasteiger partial charge in [0, 0.05) is 31.1 Å². The fraction of sp³-hybridized carbons (Fsp3) is 0.722. The van der Waals surface area contributed by atoms with Gasteiger partial charge < -0.3 is 14.7 Å². The van der Waals surface area contributed by atoms with Crippen molar-refractivity contribution < 1.29 is 4.79 Å². The summed E-state index contributed by atoms with van der Waals surface area (Å²) >= 11 is 1.60. The molecule has 23 heavy (non-hydrogen) atoms. The second-order valence-corrected chi connectivity index (χ2v) is 7.70. The van der Waals surface area contributed by atoms with Crippen molar-refractivity contribution >= 4 is 17.2 Å². The van der Waals surface area contributed by atoms with Gasteiger partial charge in [-0.05, 0) is 63.8 Å². The van der Waals surface area contributed by atoms with Crippen molar-refractivity contribution in [3.05, 3.63) is 22.4 Å². The Balaban J connectivity index is 1.46. The van der Waals surface area contributed by atoms with E-state index >= 15 is 0 Å². The second-order valence-electron chi connectivity index (χ2n) is 6.92. The molecule has 1 aromatic heterocycles. The number of likely N-dealkylation sites (tertiary alicyclic amines) is 1. The molecule has 2 aliphatic heterocycles. The summed E-state index contributed by atoms with van der Waals surface area (Å²) in [6, 6.07) is 2.70. The van der Waals surface area contributed by atoms with Gasteiger partial charge in [-0.1, -0.05) is 6.42 Å². The fourth-order valence-corrected chi connectivity index (χ4v) is 4.44. The van der Waals surface area contributed by atoms with Gasteiger partial charge in [0.15, 0.2) is 0 Å². The van der Waals surface area contributed by atoms with E-state index in [2.05, 4.69) is 16.8 Å². The average molecular weight is 336 g/mol. The largest absolute Gasteiger partial charge is 0.337 e. The summed E-state index contributed by atoms with van der Waals surface area (Å²) in [6.07, 6.45) is 6.47. The molecule has 0 aromatic carbocycles. The lowest BCUT2D eigenvalue weighted by atomic mass is 10.00. The molecule has 128 valence electrons. The van der Waals surface area contributed by atoms with E-state index in [1.54, 1.807) is 11.3 Å². The number of thiophene rings is 1. The highest BCUT2D eigenvalue weighted by atomic mass is 32.1. The zero-order valence-electron chi connectivity index (χ0n) is 14.2. The van der Waals surface area contributed by atoms with Gasteiger partial charge in [-0.2, -0.15) is 11.3 Å². The molecule has 1 aromatic rings. The SMILES string of the molecule is CN1CCCCC1CCN1CCCN(C(=O)c2ccsc2)CC1. The molecule has 1 atom stereocenters. The van der Waals surface area contributed by atoms with E-state index in [9.17, 15) is 4.79 Å². The third-order valence-electron chi connectivity index (χ3n) is 5.34. The highest BCUT2D eigenvalue weighted by Gasteiger charge is 2.23. The fourth-order valence-electron chi connectivity index (χ4n) is 3.81. The van der Waals surface area contributed by atoms with Crippen LogP contribution in [0.3, 0.4) is 0 Å². The number of piperidine rings is 1. The summed E-state index contributed by atoms with van der Waals surface area (Å²) in [4.78, 5) is 19.6. The Kier molecular flexibility index (Phi) is 6.08. The highest BCUT2D eigenvalue weighted by molar-refractivity contribution is 7.08. The molecule has 5 heteroatoms. The Labute approximate surface area is 144 Å². The normalized spacial score (nSPS) is 24.6. The third-order valence-corrected chi connectivity index (χ3v) is 6.03. The molecule has 0 saturated carbocycles. The molecule has 0 aliphatic carbocycles. The molecule has 3 heterocycles. The van der Waals surface area contributed by atoms with Gasteiger partial charge in [-0.15, -0.1) is 0 Å². The average Bonchev–Trinajstić information content (AvgIpc) is 3.00. The second kappa shape index (κ2) is 8.27. The Morgan fingerprint density at radius 3 is 2.87 bits per heavy atom. The number of nitrogens with zero attached hydrogens (tertiary/aromatic N) is 3. The monoisotopic (exact) mass is 335 g/mol. The first-order valence-corrected chi connectivity index (χ1v) is 9.92. The van der Waals surface area contributed by atoms with Crippen LogP contribution >= 0.6 is 11.3 Å². The number of hydrogen-bond donors (Lipinski definition) is 0. The lowest BCUT2D eigenvalue weighted by molar-refractivity contribution is 0.0761. The van der Waals surface area contributed by atoms with Crippen LogP contribution in [-0.4, -0.2) is 73.0 Å². The topological polar surface area (TPSA) is 26.8 Å². The third kappa shape index (κ3) is 4.55. The predicted octanol–water partition coefficient (Wildman–Crippen LogP) is 2.77. The van der Waals surface area contributed by atoms with Crippen molar-refractivity contribution in [3.8, 4) is 0 Å². The minimum absolute atomic E-state index is 0.208. The van der Waals surface area contributed by atoms with Gasteiger partial charge in [-0.25, -0.2) is 0 Å². The van der Waals surface area contributed by atoms with Gasteiger partial charge in [0.05, 0.1) is 5.56 Å². The molecule has 0 radical (unpaired) electrons. The standard InChI is InChI=1S/C18H29N3OS/c1-19-8-3-2-5-17(19)6-11-20-9-4-10-21(13-12-20)18(22)16-7-14-23-15-16/h7,14-15,17H,2-6,8-13H2,1H3. The minimum Gasteiger partial charge on any atom is -0.337 e. The Bertz CT molecular complexity index is 490. The van der Waals surface area contributed by atoms with Gasteiger partial charge in [0.1, 0.15) is 0 Å². The van der Waals surface area contributed by atoms with Crippen LogP contribution < -0.4 is 0 Å². The molecule has 2 saturated heterocycles. The summed E-state index contributed by atoms with van der Waals surface area (Å²) in [5, 5.41) is 3.95. The summed E-state index contributed by atoms with van der Waals surface area (Å²) in [7, 11) is 2.27. The zero-order valence-corrected chi connectivity index (χ0v) is 15.1. The quantitative estimate of drug-likeness (QED) is 0.846. The van der Waals surface area contributed by atoms with Crippen molar-refractivity contribution in [3.63, 3.8) is 0 Å². The van der Waals surface area contributed by atoms with E-state index in [4.69, 9.17) is 0 Å². The summed E-state index contributed by atoms with van der Waals surface area (Å²) in [5.74, 6) is 0.208. The molecule has 2 aliphatic rings. The van der Waals surface area contributed by atoms with Crippen LogP contribution in [0.15, 0.2) is 16.8 Å². The molecular formula is C18H29N3OS. The van der Waals surface area contributed by atoms with Crippen molar-refractivity contribution in [1.29, 1.82) is 0 Å². The van der Waals surface area contributed by atoms with E-state index in [0.717, 1.165) is 44.2 Å². The molecular weight excluding hydrogens is 306 g/mol. The summed E-state index contributed by atoms with van der Waals surface area (Å²) in [5.41, 5.74) is 0.854. The summed E-state index contributed by atoms with van der Waals surface area (Å²) in [6.45, 7) is 6.35. The van der Waals surface area contributed by atoms with Gasteiger partial charge in [-0.3, -0.25) is 4.79 Å². The van der Waals surface area contributed by atoms with E-state index in [0.29, 0.717) is 0 Å². The predicted molar refractivity (Wildman–Crippen MR) is 96.2 cm³/mol. The lowest BCUT2D eigenvalue weighted by Crippen LogP contribution is -2.40. The smallest absolute Gasteiger partial charge is 0.254 e. The van der Waals surface area contributed by atoms with Crippen molar-refractivity contribution in [2.75, 3.05) is 46.3 Å². The van der Waals surface area contributed by atoms with E-state index in [1.807, 2.05) is 21.7 Å². The maximum atomic E-state index is 12.5. The van der Waals surface area contributed by atoms with Crippen LogP contribution in [0.25, 0.3) is 0 Å². The van der Waals surface area contributed by atoms with Crippen LogP contribution in [0.1, 0.15) is 42.5 Å². The number of rotatable bonds is 4. The molecule has 0 bridgehead atoms. The molecule has 1 amide bonds. The maximum Gasteiger partial charge on any atom is 0.254 e. The van der Waals surface area contributed by atoms with Crippen LogP contribution in [0.4, 0.5) is 0 Å². The Morgan fingerprint density at radius 1 is 1.17 bits per heavy atom. The Hall–Kier alpha value is -0.910. The van der Waals surface area contributed by atoms with Crippen LogP contribution in [0.2, 0.25) is 0 Å². The number of carbonyl (C=O) groups excluding carboxylic acids is 1. The first kappa shape index (κ1) is 16.9. The summed E-state index contributed by atoms with van der Waals surface area (Å²) < 4.78 is 0. The van der Waals surface area contributed by atoms with Crippen LogP contribution in [0, 0.1) is 0 Å². The van der Waals surface area contributed by atoms with Crippen LogP contribution in [0.5, 0.6) is 0 Å². The first-order valence-electron chi connectivity index (χ1n) is 8.98. The van der Waals surface area contributed by atoms with Gasteiger partial charge >= 0.3 is 0 Å². The van der Waals surface area contributed by atoms with Crippen molar-refractivity contribution in [2.24, 2.45) is 0 Å². The van der Waals surface area contributed by atoms with Gasteiger partial charge in [0.25, 0.3) is 5.91 Å². The van der Waals surface area contributed by atoms with Crippen LogP contribution in [-0.2, 0) is 0 Å². The lowest BCUT2D eigenvalue weighted by Gasteiger charge is -2.34. The number of amides is 1. The highest BCUT2D eigenvalue weighted by Crippen LogP contribution is 2.19. The van der Waals surface area contributed by atoms with Gasteiger partial charge in [0.2, 0.25) is 0 Å². The van der Waals surface area contributed by atoms with Crippen molar-refractivity contribution in [1.82, 2.24) is 14.7 Å². The number of carbonyl (C=O) groups is 1. The molecule has 1 unspecified atom stereocenters. The number of hydrogen-bond acceptors (Lipinski definition) is 4. The van der Waals surface area contributed by atoms with Crippen molar-refractivity contribution in [2.45, 2.75) is 38.1 Å². The first-order chi connectivity index (χ1) is 11.2. The molecule has 0 N–H and O–H groups in total. The molecule has 0 spiro atoms. The molecule has 2 fully saturated rings. The zero-order chi connectivity index (χ0) is 16.1. The van der Waals surface area contributed by atoms with E-state index in [1.165, 1.54) is 38.8 Å².